The van der Waals surface area contributed by atoms with Gasteiger partial charge in [0.05, 0.1) is 23.7 Å². The fourth-order valence-corrected chi connectivity index (χ4v) is 1.21. The van der Waals surface area contributed by atoms with Crippen LogP contribution in [0.2, 0.25) is 5.15 Å². The van der Waals surface area contributed by atoms with E-state index < -0.39 is 4.92 Å². The fourth-order valence-electron chi connectivity index (χ4n) is 1.02. The van der Waals surface area contributed by atoms with Gasteiger partial charge in [0, 0.05) is 20.1 Å². The minimum atomic E-state index is -0.546. The van der Waals surface area contributed by atoms with E-state index in [4.69, 9.17) is 21.1 Å². The third-order valence-corrected chi connectivity index (χ3v) is 1.90. The highest BCUT2D eigenvalue weighted by molar-refractivity contribution is 6.29. The van der Waals surface area contributed by atoms with E-state index >= 15 is 0 Å². The van der Waals surface area contributed by atoms with Crippen LogP contribution in [0.4, 0.5) is 5.69 Å². The predicted octanol–water partition coefficient (Wildman–Crippen LogP) is 2.06. The van der Waals surface area contributed by atoms with Crippen LogP contribution in [0.3, 0.4) is 0 Å². The first-order chi connectivity index (χ1) is 7.63. The summed E-state index contributed by atoms with van der Waals surface area (Å²) in [5, 5.41) is 10.6. The van der Waals surface area contributed by atoms with Gasteiger partial charge in [-0.15, -0.1) is 0 Å². The molecule has 0 saturated heterocycles. The Morgan fingerprint density at radius 3 is 2.88 bits per heavy atom. The van der Waals surface area contributed by atoms with Crippen LogP contribution in [0.1, 0.15) is 6.42 Å². The number of nitro groups is 1. The van der Waals surface area contributed by atoms with Crippen LogP contribution in [-0.4, -0.2) is 30.2 Å². The van der Waals surface area contributed by atoms with E-state index in [0.717, 1.165) is 0 Å². The number of nitrogens with zero attached hydrogens (tertiary/aromatic N) is 2. The number of pyridine rings is 1. The van der Waals surface area contributed by atoms with Crippen molar-refractivity contribution in [2.75, 3.05) is 20.3 Å². The molecule has 1 aromatic heterocycles. The largest absolute Gasteiger partial charge is 0.477 e. The smallest absolute Gasteiger partial charge is 0.277 e. The van der Waals surface area contributed by atoms with Crippen LogP contribution >= 0.6 is 11.6 Å². The summed E-state index contributed by atoms with van der Waals surface area (Å²) in [6.07, 6.45) is 0.679. The number of ether oxygens (including phenoxy) is 2. The van der Waals surface area contributed by atoms with E-state index in [2.05, 4.69) is 4.98 Å². The van der Waals surface area contributed by atoms with Crippen molar-refractivity contribution in [1.82, 2.24) is 4.98 Å². The van der Waals surface area contributed by atoms with Crippen LogP contribution < -0.4 is 4.74 Å². The average Bonchev–Trinajstić information content (AvgIpc) is 2.23. The Labute approximate surface area is 97.3 Å². The molecule has 0 atom stereocenters. The molecular weight excluding hydrogens is 236 g/mol. The second-order valence-electron chi connectivity index (χ2n) is 2.94. The van der Waals surface area contributed by atoms with E-state index in [0.29, 0.717) is 19.6 Å². The molecule has 1 aromatic rings. The van der Waals surface area contributed by atoms with Crippen LogP contribution in [-0.2, 0) is 4.74 Å². The number of aromatic nitrogens is 1. The van der Waals surface area contributed by atoms with Gasteiger partial charge < -0.3 is 9.47 Å². The van der Waals surface area contributed by atoms with Crippen LogP contribution in [0.5, 0.6) is 5.88 Å². The Bertz CT molecular complexity index is 373. The quantitative estimate of drug-likeness (QED) is 0.332. The molecule has 1 rings (SSSR count). The van der Waals surface area contributed by atoms with Crippen molar-refractivity contribution in [3.8, 4) is 5.88 Å². The first-order valence-electron chi connectivity index (χ1n) is 4.57. The van der Waals surface area contributed by atoms with Crippen molar-refractivity contribution in [3.05, 3.63) is 27.4 Å². The molecule has 0 saturated carbocycles. The van der Waals surface area contributed by atoms with Gasteiger partial charge in [0.2, 0.25) is 5.88 Å². The Kier molecular flexibility index (Phi) is 4.94. The highest BCUT2D eigenvalue weighted by atomic mass is 35.5. The van der Waals surface area contributed by atoms with Gasteiger partial charge in [-0.1, -0.05) is 11.6 Å². The van der Waals surface area contributed by atoms with E-state index in [-0.39, 0.29) is 16.7 Å². The molecule has 88 valence electrons. The van der Waals surface area contributed by atoms with Gasteiger partial charge in [-0.25, -0.2) is 4.98 Å². The average molecular weight is 247 g/mol. The summed E-state index contributed by atoms with van der Waals surface area (Å²) in [5.41, 5.74) is -0.137. The zero-order valence-corrected chi connectivity index (χ0v) is 9.44. The minimum Gasteiger partial charge on any atom is -0.477 e. The van der Waals surface area contributed by atoms with Crippen molar-refractivity contribution >= 4 is 17.3 Å². The Hall–Kier alpha value is -1.40. The maximum absolute atomic E-state index is 10.5. The summed E-state index contributed by atoms with van der Waals surface area (Å²) >= 11 is 5.61. The topological polar surface area (TPSA) is 74.5 Å². The fraction of sp³-hybridized carbons (Fsp3) is 0.444. The van der Waals surface area contributed by atoms with Gasteiger partial charge in [0.1, 0.15) is 5.15 Å². The van der Waals surface area contributed by atoms with Gasteiger partial charge in [0.15, 0.2) is 0 Å². The molecule has 0 fully saturated rings. The van der Waals surface area contributed by atoms with E-state index in [1.807, 2.05) is 0 Å². The van der Waals surface area contributed by atoms with Crippen LogP contribution in [0.15, 0.2) is 12.1 Å². The number of hydrogen-bond acceptors (Lipinski definition) is 5. The highest BCUT2D eigenvalue weighted by Crippen LogP contribution is 2.21. The third-order valence-electron chi connectivity index (χ3n) is 1.71. The molecule has 0 aliphatic heterocycles. The predicted molar refractivity (Wildman–Crippen MR) is 57.9 cm³/mol. The van der Waals surface area contributed by atoms with Crippen molar-refractivity contribution in [2.45, 2.75) is 6.42 Å². The van der Waals surface area contributed by atoms with Gasteiger partial charge >= 0.3 is 0 Å². The number of hydrogen-bond donors (Lipinski definition) is 0. The lowest BCUT2D eigenvalue weighted by Gasteiger charge is -2.04. The summed E-state index contributed by atoms with van der Waals surface area (Å²) in [7, 11) is 1.59. The summed E-state index contributed by atoms with van der Waals surface area (Å²) < 4.78 is 10.0. The zero-order chi connectivity index (χ0) is 12.0. The molecule has 0 bridgehead atoms. The van der Waals surface area contributed by atoms with Crippen molar-refractivity contribution in [1.29, 1.82) is 0 Å². The molecule has 0 aliphatic rings. The Balaban J connectivity index is 2.62. The molecule has 0 unspecified atom stereocenters. The SMILES string of the molecule is COCCCOc1cc([N+](=O)[O-])cc(Cl)n1. The summed E-state index contributed by atoms with van der Waals surface area (Å²) in [6.45, 7) is 0.932. The highest BCUT2D eigenvalue weighted by Gasteiger charge is 2.10. The van der Waals surface area contributed by atoms with Gasteiger partial charge in [-0.3, -0.25) is 10.1 Å². The second-order valence-corrected chi connectivity index (χ2v) is 3.33. The summed E-state index contributed by atoms with van der Waals surface area (Å²) in [6, 6.07) is 2.41. The summed E-state index contributed by atoms with van der Waals surface area (Å²) in [4.78, 5) is 13.8. The maximum Gasteiger partial charge on any atom is 0.277 e. The molecule has 1 heterocycles. The normalized spacial score (nSPS) is 10.1. The molecule has 16 heavy (non-hydrogen) atoms. The van der Waals surface area contributed by atoms with Crippen LogP contribution in [0, 0.1) is 10.1 Å². The molecule has 6 nitrogen and oxygen atoms in total. The molecule has 0 spiro atoms. The number of halogens is 1. The van der Waals surface area contributed by atoms with Gasteiger partial charge in [0.25, 0.3) is 5.69 Å². The molecule has 0 aromatic carbocycles. The zero-order valence-electron chi connectivity index (χ0n) is 8.68. The minimum absolute atomic E-state index is 0.0379. The first-order valence-corrected chi connectivity index (χ1v) is 4.95. The second kappa shape index (κ2) is 6.24. The van der Waals surface area contributed by atoms with Gasteiger partial charge in [-0.05, 0) is 0 Å². The lowest BCUT2D eigenvalue weighted by molar-refractivity contribution is -0.385. The first kappa shape index (κ1) is 12.7. The summed E-state index contributed by atoms with van der Waals surface area (Å²) in [5.74, 6) is 0.148. The standard InChI is InChI=1S/C9H11ClN2O4/c1-15-3-2-4-16-9-6-7(12(13)14)5-8(10)11-9/h5-6H,2-4H2,1H3. The molecular formula is C9H11ClN2O4. The lowest BCUT2D eigenvalue weighted by atomic mass is 10.4. The van der Waals surface area contributed by atoms with E-state index in [1.165, 1.54) is 12.1 Å². The Morgan fingerprint density at radius 2 is 2.25 bits per heavy atom. The van der Waals surface area contributed by atoms with Crippen LogP contribution in [0.25, 0.3) is 0 Å². The van der Waals surface area contributed by atoms with Crippen molar-refractivity contribution < 1.29 is 14.4 Å². The molecule has 0 amide bonds. The maximum atomic E-state index is 10.5. The monoisotopic (exact) mass is 246 g/mol. The third kappa shape index (κ3) is 4.00. The Morgan fingerprint density at radius 1 is 1.50 bits per heavy atom. The van der Waals surface area contributed by atoms with Crippen molar-refractivity contribution in [3.63, 3.8) is 0 Å². The molecule has 7 heteroatoms. The molecule has 0 radical (unpaired) electrons. The molecule has 0 aliphatic carbocycles. The van der Waals surface area contributed by atoms with E-state index in [9.17, 15) is 10.1 Å². The molecule has 0 N–H and O–H groups in total. The van der Waals surface area contributed by atoms with Gasteiger partial charge in [-0.2, -0.15) is 0 Å². The van der Waals surface area contributed by atoms with E-state index in [1.54, 1.807) is 7.11 Å². The number of methoxy groups -OCH3 is 1. The lowest BCUT2D eigenvalue weighted by Crippen LogP contribution is -2.03. The number of rotatable bonds is 6. The van der Waals surface area contributed by atoms with Crippen molar-refractivity contribution in [2.24, 2.45) is 0 Å².